The fraction of sp³-hybridized carbons (Fsp3) is 0.381. The number of rotatable bonds is 13. The van der Waals surface area contributed by atoms with Crippen molar-refractivity contribution in [1.29, 1.82) is 0 Å². The van der Waals surface area contributed by atoms with Gasteiger partial charge in [0, 0.05) is 35.7 Å². The predicted octanol–water partition coefficient (Wildman–Crippen LogP) is -1.60. The number of nitrogens with two attached hydrogens (primary N) is 2. The molecule has 3 unspecified atom stereocenters. The van der Waals surface area contributed by atoms with E-state index in [2.05, 4.69) is 33.6 Å². The number of aliphatic carboxylic acids is 1. The highest BCUT2D eigenvalue weighted by atomic mass is 32.1. The van der Waals surface area contributed by atoms with Crippen LogP contribution in [0.3, 0.4) is 0 Å². The Hall–Kier alpha value is -3.58. The number of carbonyl (C=O) groups excluding carboxylic acids is 4. The van der Waals surface area contributed by atoms with Crippen LogP contribution in [0.15, 0.2) is 30.5 Å². The second kappa shape index (κ2) is 12.6. The number of benzene rings is 1. The summed E-state index contributed by atoms with van der Waals surface area (Å²) in [5.41, 5.74) is 12.5. The van der Waals surface area contributed by atoms with Crippen LogP contribution < -0.4 is 27.4 Å². The fourth-order valence-electron chi connectivity index (χ4n) is 3.19. The van der Waals surface area contributed by atoms with E-state index in [9.17, 15) is 24.0 Å². The normalized spacial score (nSPS) is 13.5. The van der Waals surface area contributed by atoms with Gasteiger partial charge in [0.2, 0.25) is 23.6 Å². The third kappa shape index (κ3) is 7.78. The molecule has 0 saturated heterocycles. The molecule has 0 saturated carbocycles. The van der Waals surface area contributed by atoms with Gasteiger partial charge in [-0.2, -0.15) is 12.6 Å². The smallest absolute Gasteiger partial charge is 0.322 e. The zero-order valence-electron chi connectivity index (χ0n) is 18.2. The lowest BCUT2D eigenvalue weighted by molar-refractivity contribution is -0.138. The molecular formula is C21H28N6O6S. The number of carboxylic acids is 1. The number of aromatic nitrogens is 1. The highest BCUT2D eigenvalue weighted by Gasteiger charge is 2.28. The molecule has 0 bridgehead atoms. The summed E-state index contributed by atoms with van der Waals surface area (Å²) in [6, 6.07) is 4.05. The molecule has 0 fully saturated rings. The Morgan fingerprint density at radius 1 is 1.03 bits per heavy atom. The molecule has 1 heterocycles. The Kier molecular flexibility index (Phi) is 9.89. The first-order valence-corrected chi connectivity index (χ1v) is 11.1. The standard InChI is InChI=1S/C21H28N6O6S/c22-13(5-6-17(23)28)19(31)26-15(7-11-8-24-14-4-2-1-3-12(11)14)21(33)27-16(10-34)20(32)25-9-18(29)30/h1-4,8,13,15-16,24,34H,5-7,9-10,22H2,(H2,23,28)(H,25,32)(H,26,31)(H,27,33)(H,29,30). The topological polar surface area (TPSA) is 209 Å². The van der Waals surface area contributed by atoms with Gasteiger partial charge in [-0.1, -0.05) is 18.2 Å². The van der Waals surface area contributed by atoms with Crippen LogP contribution in [0, 0.1) is 0 Å². The summed E-state index contributed by atoms with van der Waals surface area (Å²) in [5, 5.41) is 16.8. The lowest BCUT2D eigenvalue weighted by Gasteiger charge is -2.23. The Labute approximate surface area is 200 Å². The SMILES string of the molecule is NC(=O)CCC(N)C(=O)NC(Cc1c[nH]c2ccccc12)C(=O)NC(CS)C(=O)NCC(=O)O. The first-order chi connectivity index (χ1) is 16.1. The summed E-state index contributed by atoms with van der Waals surface area (Å²) in [5.74, 6) is -4.05. The highest BCUT2D eigenvalue weighted by molar-refractivity contribution is 7.80. The van der Waals surface area contributed by atoms with E-state index in [0.717, 1.165) is 16.5 Å². The lowest BCUT2D eigenvalue weighted by atomic mass is 10.0. The first kappa shape index (κ1) is 26.7. The van der Waals surface area contributed by atoms with Crippen LogP contribution in [0.4, 0.5) is 0 Å². The fourth-order valence-corrected chi connectivity index (χ4v) is 3.45. The molecule has 2 aromatic rings. The number of nitrogens with one attached hydrogen (secondary N) is 4. The number of carboxylic acid groups (broad SMARTS) is 1. The largest absolute Gasteiger partial charge is 0.480 e. The van der Waals surface area contributed by atoms with Crippen molar-refractivity contribution < 1.29 is 29.1 Å². The Morgan fingerprint density at radius 3 is 2.35 bits per heavy atom. The van der Waals surface area contributed by atoms with Crippen molar-refractivity contribution in [1.82, 2.24) is 20.9 Å². The van der Waals surface area contributed by atoms with Gasteiger partial charge in [0.15, 0.2) is 0 Å². The van der Waals surface area contributed by atoms with Crippen molar-refractivity contribution in [2.75, 3.05) is 12.3 Å². The number of para-hydroxylation sites is 1. The van der Waals surface area contributed by atoms with Gasteiger partial charge >= 0.3 is 5.97 Å². The minimum Gasteiger partial charge on any atom is -0.480 e. The molecule has 184 valence electrons. The summed E-state index contributed by atoms with van der Waals surface area (Å²) < 4.78 is 0. The second-order valence-electron chi connectivity index (χ2n) is 7.59. The molecule has 12 nitrogen and oxygen atoms in total. The molecule has 0 aliphatic heterocycles. The van der Waals surface area contributed by atoms with Crippen LogP contribution in [-0.2, 0) is 30.4 Å². The molecule has 2 rings (SSSR count). The molecule has 3 atom stereocenters. The van der Waals surface area contributed by atoms with Gasteiger partial charge < -0.3 is 37.5 Å². The summed E-state index contributed by atoms with van der Waals surface area (Å²) in [6.45, 7) is -0.622. The maximum atomic E-state index is 13.1. The Morgan fingerprint density at radius 2 is 1.71 bits per heavy atom. The van der Waals surface area contributed by atoms with Crippen LogP contribution >= 0.6 is 12.6 Å². The third-order valence-corrected chi connectivity index (χ3v) is 5.36. The van der Waals surface area contributed by atoms with Gasteiger partial charge in [0.1, 0.15) is 18.6 Å². The van der Waals surface area contributed by atoms with E-state index >= 15 is 0 Å². The third-order valence-electron chi connectivity index (χ3n) is 5.00. The van der Waals surface area contributed by atoms with Crippen molar-refractivity contribution in [2.45, 2.75) is 37.4 Å². The predicted molar refractivity (Wildman–Crippen MR) is 127 cm³/mol. The maximum Gasteiger partial charge on any atom is 0.322 e. The van der Waals surface area contributed by atoms with Crippen LogP contribution in [-0.4, -0.2) is 70.1 Å². The average Bonchev–Trinajstić information content (AvgIpc) is 3.21. The zero-order valence-corrected chi connectivity index (χ0v) is 19.1. The van der Waals surface area contributed by atoms with Crippen molar-refractivity contribution >= 4 is 53.1 Å². The summed E-state index contributed by atoms with van der Waals surface area (Å²) in [7, 11) is 0. The number of carbonyl (C=O) groups is 5. The summed E-state index contributed by atoms with van der Waals surface area (Å²) >= 11 is 4.05. The molecule has 0 spiro atoms. The van der Waals surface area contributed by atoms with Gasteiger partial charge in [0.25, 0.3) is 0 Å². The van der Waals surface area contributed by atoms with E-state index in [-0.39, 0.29) is 25.0 Å². The van der Waals surface area contributed by atoms with Crippen molar-refractivity contribution in [3.8, 4) is 0 Å². The van der Waals surface area contributed by atoms with E-state index in [1.807, 2.05) is 24.3 Å². The van der Waals surface area contributed by atoms with Gasteiger partial charge in [-0.15, -0.1) is 0 Å². The molecule has 0 radical (unpaired) electrons. The summed E-state index contributed by atoms with van der Waals surface area (Å²) in [6.07, 6.45) is 1.68. The Balaban J connectivity index is 2.20. The number of primary amides is 1. The van der Waals surface area contributed by atoms with Crippen molar-refractivity contribution in [2.24, 2.45) is 11.5 Å². The van der Waals surface area contributed by atoms with Crippen LogP contribution in [0.2, 0.25) is 0 Å². The second-order valence-corrected chi connectivity index (χ2v) is 7.96. The van der Waals surface area contributed by atoms with Gasteiger partial charge in [-0.25, -0.2) is 0 Å². The minimum atomic E-state index is -1.24. The van der Waals surface area contributed by atoms with Gasteiger partial charge in [0.05, 0.1) is 6.04 Å². The molecule has 4 amide bonds. The van der Waals surface area contributed by atoms with E-state index in [1.165, 1.54) is 0 Å². The summed E-state index contributed by atoms with van der Waals surface area (Å²) in [4.78, 5) is 62.6. The molecule has 0 aliphatic rings. The molecule has 9 N–H and O–H groups in total. The number of aromatic amines is 1. The zero-order chi connectivity index (χ0) is 25.3. The molecule has 13 heteroatoms. The van der Waals surface area contributed by atoms with Gasteiger partial charge in [-0.05, 0) is 18.1 Å². The van der Waals surface area contributed by atoms with Crippen molar-refractivity contribution in [3.05, 3.63) is 36.0 Å². The maximum absolute atomic E-state index is 13.1. The molecule has 34 heavy (non-hydrogen) atoms. The van der Waals surface area contributed by atoms with E-state index < -0.39 is 54.3 Å². The van der Waals surface area contributed by atoms with Crippen LogP contribution in [0.5, 0.6) is 0 Å². The number of thiol groups is 1. The van der Waals surface area contributed by atoms with Gasteiger partial charge in [-0.3, -0.25) is 24.0 Å². The van der Waals surface area contributed by atoms with E-state index in [0.29, 0.717) is 0 Å². The average molecular weight is 493 g/mol. The molecule has 1 aromatic heterocycles. The highest BCUT2D eigenvalue weighted by Crippen LogP contribution is 2.19. The number of hydrogen-bond acceptors (Lipinski definition) is 7. The van der Waals surface area contributed by atoms with E-state index in [1.54, 1.807) is 6.20 Å². The number of fused-ring (bicyclic) bond motifs is 1. The van der Waals surface area contributed by atoms with Crippen molar-refractivity contribution in [3.63, 3.8) is 0 Å². The number of hydrogen-bond donors (Lipinski definition) is 8. The quantitative estimate of drug-likeness (QED) is 0.153. The van der Waals surface area contributed by atoms with E-state index in [4.69, 9.17) is 16.6 Å². The van der Waals surface area contributed by atoms with Crippen LogP contribution in [0.1, 0.15) is 18.4 Å². The first-order valence-electron chi connectivity index (χ1n) is 10.4. The number of H-pyrrole nitrogens is 1. The van der Waals surface area contributed by atoms with Crippen LogP contribution in [0.25, 0.3) is 10.9 Å². The monoisotopic (exact) mass is 492 g/mol. The molecule has 0 aliphatic carbocycles. The molecular weight excluding hydrogens is 464 g/mol. The minimum absolute atomic E-state index is 0.000545. The Bertz CT molecular complexity index is 1060. The molecule has 1 aromatic carbocycles. The number of amides is 4. The lowest BCUT2D eigenvalue weighted by Crippen LogP contribution is -2.57.